The first-order valence-electron chi connectivity index (χ1n) is 10.0. The smallest absolute Gasteiger partial charge is 0.229 e. The summed E-state index contributed by atoms with van der Waals surface area (Å²) in [5.74, 6) is 1.53. The number of anilines is 3. The van der Waals surface area contributed by atoms with Crippen LogP contribution in [-0.4, -0.2) is 75.5 Å². The predicted octanol–water partition coefficient (Wildman–Crippen LogP) is 2.40. The van der Waals surface area contributed by atoms with Crippen LogP contribution in [0.3, 0.4) is 0 Å². The average Bonchev–Trinajstić information content (AvgIpc) is 3.07. The number of hydrogen-bond donors (Lipinski definition) is 1. The minimum atomic E-state index is -0.0793. The van der Waals surface area contributed by atoms with Crippen molar-refractivity contribution in [2.45, 2.75) is 38.8 Å². The molecular formula is C20H28N8S. The lowest BCUT2D eigenvalue weighted by Crippen LogP contribution is -2.73. The number of aromatic nitrogens is 3. The number of hydrogen-bond acceptors (Lipinski definition) is 9. The normalized spacial score (nSPS) is 22.2. The maximum atomic E-state index is 9.49. The summed E-state index contributed by atoms with van der Waals surface area (Å²) in [6.45, 7) is 11.0. The highest BCUT2D eigenvalue weighted by molar-refractivity contribution is 7.10. The van der Waals surface area contributed by atoms with Crippen molar-refractivity contribution in [2.75, 3.05) is 50.0 Å². The molecule has 8 nitrogen and oxygen atoms in total. The van der Waals surface area contributed by atoms with Gasteiger partial charge in [-0.15, -0.1) is 0 Å². The van der Waals surface area contributed by atoms with Gasteiger partial charge < -0.3 is 15.1 Å². The SMILES string of the molecule is Cc1cc(Nc2ncc(C)c(N3CC(CC#N)(N4CCN(C)[C@@H](C)C4)C3)n2)sn1. The number of nitrogens with one attached hydrogen (secondary N) is 1. The van der Waals surface area contributed by atoms with Crippen molar-refractivity contribution in [1.29, 1.82) is 5.26 Å². The second kappa shape index (κ2) is 7.86. The number of rotatable bonds is 5. The first kappa shape index (κ1) is 20.0. The van der Waals surface area contributed by atoms with E-state index >= 15 is 0 Å². The Morgan fingerprint density at radius 3 is 2.79 bits per heavy atom. The summed E-state index contributed by atoms with van der Waals surface area (Å²) in [6.07, 6.45) is 2.41. The molecule has 0 radical (unpaired) electrons. The Labute approximate surface area is 176 Å². The standard InChI is InChI=1S/C20H28N8S/c1-14-10-22-19(23-17-9-15(2)25-29-17)24-18(14)27-12-20(13-27,5-6-21)28-8-7-26(4)16(3)11-28/h9-10,16H,5,7-8,11-13H2,1-4H3,(H,22,23,24)/t16-/m0/s1. The van der Waals surface area contributed by atoms with E-state index in [4.69, 9.17) is 4.98 Å². The van der Waals surface area contributed by atoms with E-state index in [1.807, 2.05) is 26.1 Å². The Kier molecular flexibility index (Phi) is 5.42. The maximum absolute atomic E-state index is 9.49. The minimum Gasteiger partial charge on any atom is -0.352 e. The molecule has 1 N–H and O–H groups in total. The summed E-state index contributed by atoms with van der Waals surface area (Å²) in [5, 5.41) is 13.7. The molecule has 2 aromatic rings. The molecule has 2 aliphatic heterocycles. The first-order chi connectivity index (χ1) is 13.9. The van der Waals surface area contributed by atoms with E-state index in [9.17, 15) is 5.26 Å². The van der Waals surface area contributed by atoms with Crippen LogP contribution in [0.15, 0.2) is 12.3 Å². The highest BCUT2D eigenvalue weighted by Gasteiger charge is 2.49. The number of likely N-dealkylation sites (N-methyl/N-ethyl adjacent to an activating group) is 1. The molecule has 0 bridgehead atoms. The molecule has 4 rings (SSSR count). The van der Waals surface area contributed by atoms with Crippen molar-refractivity contribution >= 4 is 28.3 Å². The van der Waals surface area contributed by atoms with Crippen LogP contribution in [0.5, 0.6) is 0 Å². The van der Waals surface area contributed by atoms with Crippen LogP contribution in [0.4, 0.5) is 16.8 Å². The molecular weight excluding hydrogens is 384 g/mol. The molecule has 0 aliphatic carbocycles. The van der Waals surface area contributed by atoms with Crippen LogP contribution in [0.25, 0.3) is 0 Å². The molecule has 4 heterocycles. The van der Waals surface area contributed by atoms with Gasteiger partial charge in [0.15, 0.2) is 0 Å². The molecule has 0 spiro atoms. The molecule has 9 heteroatoms. The van der Waals surface area contributed by atoms with E-state index in [2.05, 4.69) is 49.4 Å². The van der Waals surface area contributed by atoms with Crippen molar-refractivity contribution < 1.29 is 0 Å². The Balaban J connectivity index is 1.50. The van der Waals surface area contributed by atoms with E-state index in [1.54, 1.807) is 0 Å². The molecule has 2 aliphatic rings. The summed E-state index contributed by atoms with van der Waals surface area (Å²) in [5.41, 5.74) is 1.95. The summed E-state index contributed by atoms with van der Waals surface area (Å²) in [4.78, 5) is 16.4. The Morgan fingerprint density at radius 2 is 2.14 bits per heavy atom. The van der Waals surface area contributed by atoms with Gasteiger partial charge in [-0.25, -0.2) is 4.98 Å². The van der Waals surface area contributed by atoms with Crippen LogP contribution in [0, 0.1) is 25.2 Å². The van der Waals surface area contributed by atoms with Gasteiger partial charge >= 0.3 is 0 Å². The van der Waals surface area contributed by atoms with Gasteiger partial charge in [-0.1, -0.05) is 0 Å². The third-order valence-electron chi connectivity index (χ3n) is 6.12. The van der Waals surface area contributed by atoms with Gasteiger partial charge in [0.1, 0.15) is 10.8 Å². The molecule has 0 aromatic carbocycles. The summed E-state index contributed by atoms with van der Waals surface area (Å²) >= 11 is 1.41. The molecule has 29 heavy (non-hydrogen) atoms. The predicted molar refractivity (Wildman–Crippen MR) is 116 cm³/mol. The number of nitriles is 1. The van der Waals surface area contributed by atoms with Gasteiger partial charge in [-0.3, -0.25) is 4.90 Å². The Hall–Kier alpha value is -2.28. The zero-order valence-corrected chi connectivity index (χ0v) is 18.3. The number of nitrogens with zero attached hydrogens (tertiary/aromatic N) is 7. The van der Waals surface area contributed by atoms with Gasteiger partial charge in [0.25, 0.3) is 0 Å². The lowest BCUT2D eigenvalue weighted by Gasteiger charge is -2.58. The van der Waals surface area contributed by atoms with Crippen LogP contribution >= 0.6 is 11.5 Å². The summed E-state index contributed by atoms with van der Waals surface area (Å²) in [7, 11) is 2.18. The second-order valence-electron chi connectivity index (χ2n) is 8.35. The van der Waals surface area contributed by atoms with Gasteiger partial charge in [-0.05, 0) is 45.4 Å². The fraction of sp³-hybridized carbons (Fsp3) is 0.600. The van der Waals surface area contributed by atoms with E-state index in [-0.39, 0.29) is 5.54 Å². The molecule has 2 saturated heterocycles. The number of piperazine rings is 1. The lowest BCUT2D eigenvalue weighted by molar-refractivity contribution is -0.000459. The first-order valence-corrected chi connectivity index (χ1v) is 10.8. The maximum Gasteiger partial charge on any atom is 0.229 e. The topological polar surface area (TPSA) is 84.2 Å². The zero-order chi connectivity index (χ0) is 20.6. The van der Waals surface area contributed by atoms with Gasteiger partial charge in [-0.2, -0.15) is 14.6 Å². The van der Waals surface area contributed by atoms with Crippen LogP contribution in [0.2, 0.25) is 0 Å². The van der Waals surface area contributed by atoms with E-state index in [0.29, 0.717) is 18.4 Å². The third-order valence-corrected chi connectivity index (χ3v) is 6.91. The van der Waals surface area contributed by atoms with Crippen molar-refractivity contribution in [3.63, 3.8) is 0 Å². The largest absolute Gasteiger partial charge is 0.352 e. The van der Waals surface area contributed by atoms with Crippen molar-refractivity contribution in [3.05, 3.63) is 23.5 Å². The van der Waals surface area contributed by atoms with E-state index < -0.39 is 0 Å². The Bertz CT molecular complexity index is 913. The molecule has 2 aromatic heterocycles. The summed E-state index contributed by atoms with van der Waals surface area (Å²) in [6, 6.07) is 4.93. The summed E-state index contributed by atoms with van der Waals surface area (Å²) < 4.78 is 4.29. The third kappa shape index (κ3) is 3.92. The molecule has 2 fully saturated rings. The second-order valence-corrected chi connectivity index (χ2v) is 9.15. The van der Waals surface area contributed by atoms with Crippen LogP contribution < -0.4 is 10.2 Å². The fourth-order valence-electron chi connectivity index (χ4n) is 4.21. The molecule has 0 amide bonds. The minimum absolute atomic E-state index is 0.0793. The van der Waals surface area contributed by atoms with Crippen LogP contribution in [0.1, 0.15) is 24.6 Å². The van der Waals surface area contributed by atoms with Gasteiger partial charge in [0.05, 0.1) is 23.7 Å². The lowest BCUT2D eigenvalue weighted by atomic mass is 9.83. The quantitative estimate of drug-likeness (QED) is 0.801. The highest BCUT2D eigenvalue weighted by Crippen LogP contribution is 2.37. The molecule has 154 valence electrons. The van der Waals surface area contributed by atoms with Gasteiger partial charge in [0, 0.05) is 50.5 Å². The van der Waals surface area contributed by atoms with Crippen molar-refractivity contribution in [3.8, 4) is 6.07 Å². The monoisotopic (exact) mass is 412 g/mol. The molecule has 0 saturated carbocycles. The molecule has 1 atom stereocenters. The van der Waals surface area contributed by atoms with Crippen LogP contribution in [-0.2, 0) is 0 Å². The van der Waals surface area contributed by atoms with E-state index in [1.165, 1.54) is 11.5 Å². The Morgan fingerprint density at radius 1 is 1.34 bits per heavy atom. The number of aryl methyl sites for hydroxylation is 2. The zero-order valence-electron chi connectivity index (χ0n) is 17.5. The van der Waals surface area contributed by atoms with Crippen molar-refractivity contribution in [1.82, 2.24) is 24.1 Å². The average molecular weight is 413 g/mol. The fourth-order valence-corrected chi connectivity index (χ4v) is 4.87. The van der Waals surface area contributed by atoms with E-state index in [0.717, 1.165) is 54.8 Å². The van der Waals surface area contributed by atoms with Gasteiger partial charge in [0.2, 0.25) is 5.95 Å². The molecule has 0 unspecified atom stereocenters. The van der Waals surface area contributed by atoms with Crippen molar-refractivity contribution in [2.24, 2.45) is 0 Å². The highest BCUT2D eigenvalue weighted by atomic mass is 32.1.